The molecule has 0 amide bonds. The minimum absolute atomic E-state index is 0. The van der Waals surface area contributed by atoms with Gasteiger partial charge in [-0.15, -0.1) is 12.4 Å². The summed E-state index contributed by atoms with van der Waals surface area (Å²) in [6.45, 7) is 0. The molecule has 0 aliphatic heterocycles. The molecule has 116 valence electrons. The second-order valence-electron chi connectivity index (χ2n) is 6.70. The predicted molar refractivity (Wildman–Crippen MR) is 94.3 cm³/mol. The number of halogens is 1. The largest absolute Gasteiger partial charge is 0.303 e. The molecule has 2 bridgehead atoms. The third-order valence-corrected chi connectivity index (χ3v) is 5.38. The summed E-state index contributed by atoms with van der Waals surface area (Å²) in [5.74, 6) is 1.89. The summed E-state index contributed by atoms with van der Waals surface area (Å²) in [6.07, 6.45) is 5.72. The van der Waals surface area contributed by atoms with Crippen LogP contribution in [0.5, 0.6) is 0 Å². The molecule has 22 heavy (non-hydrogen) atoms. The van der Waals surface area contributed by atoms with Gasteiger partial charge in [0.25, 0.3) is 0 Å². The smallest absolute Gasteiger partial charge is 0.0578 e. The molecule has 0 heterocycles. The van der Waals surface area contributed by atoms with Crippen molar-refractivity contribution < 1.29 is 0 Å². The molecule has 1 nitrogen and oxygen atoms in total. The lowest BCUT2D eigenvalue weighted by Gasteiger charge is -2.29. The topological polar surface area (TPSA) is 12.0 Å². The summed E-state index contributed by atoms with van der Waals surface area (Å²) in [5.41, 5.74) is 2.76. The van der Waals surface area contributed by atoms with Crippen molar-refractivity contribution in [2.45, 2.75) is 37.8 Å². The van der Waals surface area contributed by atoms with Crippen LogP contribution in [0.3, 0.4) is 0 Å². The number of fused-ring (bicyclic) bond motifs is 2. The highest BCUT2D eigenvalue weighted by atomic mass is 35.5. The van der Waals surface area contributed by atoms with Crippen molar-refractivity contribution in [1.29, 1.82) is 0 Å². The Hall–Kier alpha value is -1.31. The summed E-state index contributed by atoms with van der Waals surface area (Å²) in [4.78, 5) is 0. The van der Waals surface area contributed by atoms with E-state index >= 15 is 0 Å². The van der Waals surface area contributed by atoms with Crippen molar-refractivity contribution in [3.8, 4) is 0 Å². The zero-order valence-corrected chi connectivity index (χ0v) is 13.6. The second-order valence-corrected chi connectivity index (χ2v) is 6.70. The van der Waals surface area contributed by atoms with Gasteiger partial charge in [-0.2, -0.15) is 0 Å². The molecule has 2 aliphatic rings. The van der Waals surface area contributed by atoms with Gasteiger partial charge < -0.3 is 5.32 Å². The maximum Gasteiger partial charge on any atom is 0.0578 e. The molecule has 2 fully saturated rings. The molecule has 1 N–H and O–H groups in total. The van der Waals surface area contributed by atoms with Crippen molar-refractivity contribution in [3.05, 3.63) is 71.8 Å². The van der Waals surface area contributed by atoms with E-state index in [0.717, 1.165) is 11.8 Å². The molecule has 0 saturated heterocycles. The summed E-state index contributed by atoms with van der Waals surface area (Å²) in [5, 5.41) is 3.98. The van der Waals surface area contributed by atoms with Gasteiger partial charge in [0.15, 0.2) is 0 Å². The lowest BCUT2D eigenvalue weighted by Crippen LogP contribution is -2.37. The van der Waals surface area contributed by atoms with E-state index in [0.29, 0.717) is 12.1 Å². The first-order valence-corrected chi connectivity index (χ1v) is 8.26. The summed E-state index contributed by atoms with van der Waals surface area (Å²) < 4.78 is 0. The molecular formula is C20H24ClN. The Morgan fingerprint density at radius 1 is 0.773 bits per heavy atom. The number of hydrogen-bond donors (Lipinski definition) is 1. The third kappa shape index (κ3) is 3.06. The Kier molecular flexibility index (Phi) is 4.85. The molecule has 0 aromatic heterocycles. The van der Waals surface area contributed by atoms with E-state index in [1.165, 1.54) is 36.8 Å². The van der Waals surface area contributed by atoms with Crippen LogP contribution in [0.4, 0.5) is 0 Å². The molecule has 0 spiro atoms. The Bertz CT molecular complexity index is 544. The van der Waals surface area contributed by atoms with Crippen LogP contribution in [-0.4, -0.2) is 6.04 Å². The van der Waals surface area contributed by atoms with E-state index < -0.39 is 0 Å². The van der Waals surface area contributed by atoms with Crippen LogP contribution in [0.2, 0.25) is 0 Å². The Morgan fingerprint density at radius 2 is 1.36 bits per heavy atom. The number of hydrogen-bond acceptors (Lipinski definition) is 1. The first-order valence-electron chi connectivity index (χ1n) is 8.26. The van der Waals surface area contributed by atoms with Crippen LogP contribution in [0.15, 0.2) is 60.7 Å². The van der Waals surface area contributed by atoms with Crippen molar-refractivity contribution >= 4 is 12.4 Å². The molecule has 4 rings (SSSR count). The first kappa shape index (κ1) is 15.6. The molecule has 3 unspecified atom stereocenters. The lowest BCUT2D eigenvalue weighted by molar-refractivity contribution is 0.334. The van der Waals surface area contributed by atoms with E-state index in [4.69, 9.17) is 0 Å². The second kappa shape index (κ2) is 6.85. The Balaban J connectivity index is 0.00000144. The molecule has 2 heteroatoms. The quantitative estimate of drug-likeness (QED) is 0.839. The number of rotatable bonds is 4. The number of nitrogens with one attached hydrogen (secondary N) is 1. The molecular weight excluding hydrogens is 290 g/mol. The van der Waals surface area contributed by atoms with Gasteiger partial charge >= 0.3 is 0 Å². The average molecular weight is 314 g/mol. The highest BCUT2D eigenvalue weighted by Crippen LogP contribution is 2.45. The third-order valence-electron chi connectivity index (χ3n) is 5.38. The van der Waals surface area contributed by atoms with Crippen molar-refractivity contribution in [1.82, 2.24) is 5.32 Å². The fourth-order valence-electron chi connectivity index (χ4n) is 4.34. The standard InChI is InChI=1S/C20H23N.ClH/c1-3-7-16(8-4-1)20(17-9-5-2-6-10-17)21-19-14-15-11-12-18(19)13-15;/h1-10,15,18-21H,11-14H2;1H. The normalized spacial score (nSPS) is 26.1. The van der Waals surface area contributed by atoms with Gasteiger partial charge in [0.05, 0.1) is 6.04 Å². The maximum atomic E-state index is 3.98. The van der Waals surface area contributed by atoms with Gasteiger partial charge in [0.2, 0.25) is 0 Å². The Morgan fingerprint density at radius 3 is 1.82 bits per heavy atom. The van der Waals surface area contributed by atoms with Crippen LogP contribution in [0.1, 0.15) is 42.9 Å². The fraction of sp³-hybridized carbons (Fsp3) is 0.400. The zero-order chi connectivity index (χ0) is 14.1. The van der Waals surface area contributed by atoms with Crippen LogP contribution < -0.4 is 5.32 Å². The molecule has 0 radical (unpaired) electrons. The molecule has 3 atom stereocenters. The SMILES string of the molecule is Cl.c1ccc(C(NC2CC3CCC2C3)c2ccccc2)cc1. The van der Waals surface area contributed by atoms with E-state index in [1.807, 2.05) is 0 Å². The number of benzene rings is 2. The van der Waals surface area contributed by atoms with Gasteiger partial charge in [0.1, 0.15) is 0 Å². The van der Waals surface area contributed by atoms with Gasteiger partial charge in [-0.05, 0) is 42.2 Å². The van der Waals surface area contributed by atoms with Crippen molar-refractivity contribution in [2.24, 2.45) is 11.8 Å². The minimum atomic E-state index is 0. The molecule has 2 aliphatic carbocycles. The summed E-state index contributed by atoms with van der Waals surface area (Å²) in [7, 11) is 0. The monoisotopic (exact) mass is 313 g/mol. The maximum absolute atomic E-state index is 3.98. The van der Waals surface area contributed by atoms with E-state index in [1.54, 1.807) is 0 Å². The molecule has 2 aromatic rings. The van der Waals surface area contributed by atoms with Crippen molar-refractivity contribution in [3.63, 3.8) is 0 Å². The summed E-state index contributed by atoms with van der Waals surface area (Å²) in [6, 6.07) is 22.8. The zero-order valence-electron chi connectivity index (χ0n) is 12.8. The highest BCUT2D eigenvalue weighted by molar-refractivity contribution is 5.85. The van der Waals surface area contributed by atoms with Gasteiger partial charge in [-0.25, -0.2) is 0 Å². The summed E-state index contributed by atoms with van der Waals surface area (Å²) >= 11 is 0. The minimum Gasteiger partial charge on any atom is -0.303 e. The van der Waals surface area contributed by atoms with Crippen LogP contribution in [0.25, 0.3) is 0 Å². The van der Waals surface area contributed by atoms with Crippen LogP contribution >= 0.6 is 12.4 Å². The fourth-order valence-corrected chi connectivity index (χ4v) is 4.34. The van der Waals surface area contributed by atoms with E-state index in [-0.39, 0.29) is 12.4 Å². The highest BCUT2D eigenvalue weighted by Gasteiger charge is 2.40. The molecule has 2 aromatic carbocycles. The van der Waals surface area contributed by atoms with Crippen LogP contribution in [0, 0.1) is 11.8 Å². The Labute approximate surface area is 139 Å². The average Bonchev–Trinajstić information content (AvgIpc) is 3.17. The van der Waals surface area contributed by atoms with E-state index in [2.05, 4.69) is 66.0 Å². The van der Waals surface area contributed by atoms with Crippen LogP contribution in [-0.2, 0) is 0 Å². The van der Waals surface area contributed by atoms with Crippen molar-refractivity contribution in [2.75, 3.05) is 0 Å². The van der Waals surface area contributed by atoms with E-state index in [9.17, 15) is 0 Å². The first-order chi connectivity index (χ1) is 10.4. The van der Waals surface area contributed by atoms with Gasteiger partial charge in [-0.3, -0.25) is 0 Å². The lowest BCUT2D eigenvalue weighted by atomic mass is 9.92. The molecule has 2 saturated carbocycles. The van der Waals surface area contributed by atoms with Gasteiger partial charge in [0, 0.05) is 6.04 Å². The van der Waals surface area contributed by atoms with Gasteiger partial charge in [-0.1, -0.05) is 67.1 Å². The predicted octanol–water partition coefficient (Wildman–Crippen LogP) is 4.98.